The van der Waals surface area contributed by atoms with Crippen LogP contribution in [-0.2, 0) is 16.1 Å². The molecular weight excluding hydrogens is 278 g/mol. The van der Waals surface area contributed by atoms with Gasteiger partial charge in [-0.1, -0.05) is 25.5 Å². The standard InChI is InChI=1S/C17H25N3O2/c1-3-10-17(2,18)16(22)19-14-8-6-13(7-9-14)12-20-11-4-5-15(20)21/h6-9H,3-5,10-12,18H2,1-2H3,(H,19,22). The lowest BCUT2D eigenvalue weighted by Crippen LogP contribution is -2.48. The molecule has 22 heavy (non-hydrogen) atoms. The predicted molar refractivity (Wildman–Crippen MR) is 87.2 cm³/mol. The Morgan fingerprint density at radius 2 is 2.05 bits per heavy atom. The monoisotopic (exact) mass is 303 g/mol. The lowest BCUT2D eigenvalue weighted by Gasteiger charge is -2.23. The van der Waals surface area contributed by atoms with E-state index in [4.69, 9.17) is 5.73 Å². The van der Waals surface area contributed by atoms with Crippen LogP contribution in [0.4, 0.5) is 5.69 Å². The molecule has 5 nitrogen and oxygen atoms in total. The molecular formula is C17H25N3O2. The molecule has 1 atom stereocenters. The zero-order valence-electron chi connectivity index (χ0n) is 13.4. The van der Waals surface area contributed by atoms with E-state index in [2.05, 4.69) is 5.32 Å². The second kappa shape index (κ2) is 6.92. The van der Waals surface area contributed by atoms with Gasteiger partial charge in [0.05, 0.1) is 5.54 Å². The van der Waals surface area contributed by atoms with Gasteiger partial charge in [-0.25, -0.2) is 0 Å². The van der Waals surface area contributed by atoms with Crippen LogP contribution in [0, 0.1) is 0 Å². The van der Waals surface area contributed by atoms with E-state index in [1.165, 1.54) is 0 Å². The van der Waals surface area contributed by atoms with Gasteiger partial charge in [-0.2, -0.15) is 0 Å². The summed E-state index contributed by atoms with van der Waals surface area (Å²) in [6.07, 6.45) is 3.11. The predicted octanol–water partition coefficient (Wildman–Crippen LogP) is 2.27. The van der Waals surface area contributed by atoms with E-state index in [-0.39, 0.29) is 11.8 Å². The topological polar surface area (TPSA) is 75.4 Å². The van der Waals surface area contributed by atoms with Crippen LogP contribution in [0.25, 0.3) is 0 Å². The fourth-order valence-electron chi connectivity index (χ4n) is 2.69. The Hall–Kier alpha value is -1.88. The number of anilines is 1. The lowest BCUT2D eigenvalue weighted by molar-refractivity contribution is -0.128. The van der Waals surface area contributed by atoms with Gasteiger partial charge in [-0.15, -0.1) is 0 Å². The summed E-state index contributed by atoms with van der Waals surface area (Å²) in [5.74, 6) is 0.0488. The minimum atomic E-state index is -0.852. The molecule has 1 aromatic rings. The third kappa shape index (κ3) is 4.07. The fraction of sp³-hybridized carbons (Fsp3) is 0.529. The number of hydrogen-bond donors (Lipinski definition) is 2. The zero-order valence-corrected chi connectivity index (χ0v) is 13.4. The Balaban J connectivity index is 1.94. The van der Waals surface area contributed by atoms with E-state index in [0.717, 1.165) is 30.6 Å². The second-order valence-electron chi connectivity index (χ2n) is 6.24. The van der Waals surface area contributed by atoms with E-state index in [9.17, 15) is 9.59 Å². The van der Waals surface area contributed by atoms with Crippen molar-refractivity contribution in [2.24, 2.45) is 5.73 Å². The average molecular weight is 303 g/mol. The molecule has 0 bridgehead atoms. The molecule has 1 aliphatic heterocycles. The molecule has 0 aliphatic carbocycles. The second-order valence-corrected chi connectivity index (χ2v) is 6.24. The Kier molecular flexibility index (Phi) is 5.19. The molecule has 3 N–H and O–H groups in total. The first-order valence-electron chi connectivity index (χ1n) is 7.89. The molecule has 1 aromatic carbocycles. The molecule has 1 heterocycles. The Morgan fingerprint density at radius 1 is 1.36 bits per heavy atom. The molecule has 0 saturated carbocycles. The third-order valence-corrected chi connectivity index (χ3v) is 4.04. The highest BCUT2D eigenvalue weighted by molar-refractivity contribution is 5.97. The first kappa shape index (κ1) is 16.5. The van der Waals surface area contributed by atoms with Gasteiger partial charge in [-0.05, 0) is 37.5 Å². The van der Waals surface area contributed by atoms with Crippen LogP contribution >= 0.6 is 0 Å². The molecule has 0 aromatic heterocycles. The van der Waals surface area contributed by atoms with Crippen molar-refractivity contribution in [2.75, 3.05) is 11.9 Å². The summed E-state index contributed by atoms with van der Waals surface area (Å²) in [4.78, 5) is 25.6. The van der Waals surface area contributed by atoms with Gasteiger partial charge in [0.2, 0.25) is 11.8 Å². The number of rotatable bonds is 6. The summed E-state index contributed by atoms with van der Waals surface area (Å²) in [5, 5.41) is 2.85. The van der Waals surface area contributed by atoms with Crippen LogP contribution in [0.3, 0.4) is 0 Å². The smallest absolute Gasteiger partial charge is 0.244 e. The normalized spacial score (nSPS) is 17.4. The van der Waals surface area contributed by atoms with E-state index in [1.54, 1.807) is 6.92 Å². The average Bonchev–Trinajstić information content (AvgIpc) is 2.86. The highest BCUT2D eigenvalue weighted by Gasteiger charge is 2.27. The van der Waals surface area contributed by atoms with Crippen molar-refractivity contribution >= 4 is 17.5 Å². The number of likely N-dealkylation sites (tertiary alicyclic amines) is 1. The number of carbonyl (C=O) groups excluding carboxylic acids is 2. The van der Waals surface area contributed by atoms with Crippen molar-refractivity contribution < 1.29 is 9.59 Å². The van der Waals surface area contributed by atoms with Crippen LogP contribution in [0.5, 0.6) is 0 Å². The number of nitrogens with two attached hydrogens (primary N) is 1. The van der Waals surface area contributed by atoms with Crippen molar-refractivity contribution in [1.82, 2.24) is 4.90 Å². The van der Waals surface area contributed by atoms with Gasteiger partial charge in [0.15, 0.2) is 0 Å². The van der Waals surface area contributed by atoms with E-state index in [0.29, 0.717) is 19.4 Å². The molecule has 1 saturated heterocycles. The Morgan fingerprint density at radius 3 is 2.59 bits per heavy atom. The maximum Gasteiger partial charge on any atom is 0.244 e. The van der Waals surface area contributed by atoms with Crippen molar-refractivity contribution in [3.05, 3.63) is 29.8 Å². The van der Waals surface area contributed by atoms with Crippen LogP contribution in [0.2, 0.25) is 0 Å². The first-order chi connectivity index (χ1) is 10.4. The van der Waals surface area contributed by atoms with Gasteiger partial charge in [0.25, 0.3) is 0 Å². The van der Waals surface area contributed by atoms with Gasteiger partial charge < -0.3 is 16.0 Å². The number of hydrogen-bond acceptors (Lipinski definition) is 3. The number of benzene rings is 1. The largest absolute Gasteiger partial charge is 0.338 e. The Labute approximate surface area is 131 Å². The van der Waals surface area contributed by atoms with Crippen molar-refractivity contribution in [3.63, 3.8) is 0 Å². The summed E-state index contributed by atoms with van der Waals surface area (Å²) >= 11 is 0. The first-order valence-corrected chi connectivity index (χ1v) is 7.89. The molecule has 2 rings (SSSR count). The summed E-state index contributed by atoms with van der Waals surface area (Å²) in [6, 6.07) is 7.59. The number of nitrogens with zero attached hydrogens (tertiary/aromatic N) is 1. The molecule has 1 aliphatic rings. The minimum Gasteiger partial charge on any atom is -0.338 e. The van der Waals surface area contributed by atoms with Crippen LogP contribution < -0.4 is 11.1 Å². The van der Waals surface area contributed by atoms with E-state index < -0.39 is 5.54 Å². The summed E-state index contributed by atoms with van der Waals surface area (Å²) < 4.78 is 0. The maximum absolute atomic E-state index is 12.1. The summed E-state index contributed by atoms with van der Waals surface area (Å²) in [7, 11) is 0. The highest BCUT2D eigenvalue weighted by Crippen LogP contribution is 2.17. The SMILES string of the molecule is CCCC(C)(N)C(=O)Nc1ccc(CN2CCCC2=O)cc1. The summed E-state index contributed by atoms with van der Waals surface area (Å²) in [6.45, 7) is 5.23. The number of amides is 2. The van der Waals surface area contributed by atoms with Crippen molar-refractivity contribution in [1.29, 1.82) is 0 Å². The minimum absolute atomic E-state index is 0.170. The van der Waals surface area contributed by atoms with Crippen LogP contribution in [0.1, 0.15) is 45.1 Å². The van der Waals surface area contributed by atoms with E-state index >= 15 is 0 Å². The van der Waals surface area contributed by atoms with Crippen LogP contribution in [-0.4, -0.2) is 28.8 Å². The number of carbonyl (C=O) groups is 2. The Bertz CT molecular complexity index is 537. The van der Waals surface area contributed by atoms with Crippen molar-refractivity contribution in [2.45, 2.75) is 51.6 Å². The molecule has 120 valence electrons. The zero-order chi connectivity index (χ0) is 16.2. The van der Waals surface area contributed by atoms with E-state index in [1.807, 2.05) is 36.1 Å². The summed E-state index contributed by atoms with van der Waals surface area (Å²) in [5.41, 5.74) is 6.96. The maximum atomic E-state index is 12.1. The van der Waals surface area contributed by atoms with Gasteiger partial charge >= 0.3 is 0 Å². The molecule has 0 spiro atoms. The molecule has 2 amide bonds. The molecule has 0 radical (unpaired) electrons. The number of nitrogens with one attached hydrogen (secondary N) is 1. The highest BCUT2D eigenvalue weighted by atomic mass is 16.2. The van der Waals surface area contributed by atoms with Gasteiger partial charge in [-0.3, -0.25) is 9.59 Å². The quantitative estimate of drug-likeness (QED) is 0.846. The van der Waals surface area contributed by atoms with Gasteiger partial charge in [0, 0.05) is 25.2 Å². The fourth-order valence-corrected chi connectivity index (χ4v) is 2.69. The molecule has 1 fully saturated rings. The molecule has 5 heteroatoms. The molecule has 1 unspecified atom stereocenters. The van der Waals surface area contributed by atoms with Crippen molar-refractivity contribution in [3.8, 4) is 0 Å². The third-order valence-electron chi connectivity index (χ3n) is 4.04. The van der Waals surface area contributed by atoms with Gasteiger partial charge in [0.1, 0.15) is 0 Å². The lowest BCUT2D eigenvalue weighted by atomic mass is 9.96. The van der Waals surface area contributed by atoms with Crippen LogP contribution in [0.15, 0.2) is 24.3 Å².